The molecule has 3 aromatic rings. The number of benzene rings is 2. The third-order valence-electron chi connectivity index (χ3n) is 6.00. The van der Waals surface area contributed by atoms with Gasteiger partial charge in [-0.3, -0.25) is 0 Å². The summed E-state index contributed by atoms with van der Waals surface area (Å²) in [6, 6.07) is 11.7. The van der Waals surface area contributed by atoms with Crippen molar-refractivity contribution in [2.75, 3.05) is 13.1 Å². The number of sulfonamides is 1. The van der Waals surface area contributed by atoms with Crippen molar-refractivity contribution in [3.8, 4) is 0 Å². The van der Waals surface area contributed by atoms with E-state index in [1.54, 1.807) is 28.6 Å². The minimum Gasteiger partial charge on any atom is -0.327 e. The normalized spacial score (nSPS) is 16.6. The first-order valence-corrected chi connectivity index (χ1v) is 12.3. The highest BCUT2D eigenvalue weighted by Gasteiger charge is 2.26. The second-order valence-electron chi connectivity index (χ2n) is 8.04. The monoisotopic (exact) mass is 444 g/mol. The van der Waals surface area contributed by atoms with E-state index in [9.17, 15) is 12.8 Å². The molecule has 31 heavy (non-hydrogen) atoms. The van der Waals surface area contributed by atoms with Crippen molar-refractivity contribution in [1.82, 2.24) is 19.2 Å². The predicted molar refractivity (Wildman–Crippen MR) is 120 cm³/mol. The van der Waals surface area contributed by atoms with Crippen LogP contribution in [-0.4, -0.2) is 35.4 Å². The Hall–Kier alpha value is -2.29. The first-order valence-electron chi connectivity index (χ1n) is 10.9. The second-order valence-corrected chi connectivity index (χ2v) is 9.98. The maximum absolute atomic E-state index is 13.2. The molecule has 166 valence electrons. The smallest absolute Gasteiger partial charge is 0.243 e. The van der Waals surface area contributed by atoms with Crippen molar-refractivity contribution in [1.29, 1.82) is 0 Å². The van der Waals surface area contributed by atoms with Crippen LogP contribution in [0.15, 0.2) is 47.4 Å². The summed E-state index contributed by atoms with van der Waals surface area (Å²) in [7, 11) is -3.49. The molecule has 8 heteroatoms. The molecule has 2 aromatic carbocycles. The van der Waals surface area contributed by atoms with E-state index in [0.29, 0.717) is 30.0 Å². The third kappa shape index (κ3) is 4.51. The molecule has 0 aliphatic carbocycles. The lowest BCUT2D eigenvalue weighted by atomic mass is 10.1. The SMILES string of the molecule is CCn1c(CN[C@H](C)c2ccc(F)cc2)nc2cc(S(=O)(=O)N3CCCCC3)ccc21. The van der Waals surface area contributed by atoms with Gasteiger partial charge in [-0.05, 0) is 62.6 Å². The van der Waals surface area contributed by atoms with E-state index in [1.165, 1.54) is 12.1 Å². The molecule has 1 aliphatic rings. The Balaban J connectivity index is 1.57. The molecule has 0 saturated carbocycles. The van der Waals surface area contributed by atoms with Crippen LogP contribution in [0.25, 0.3) is 11.0 Å². The standard InChI is InChI=1S/C23H29FN4O2S/c1-3-28-22-12-11-20(31(29,30)27-13-5-4-6-14-27)15-21(22)26-23(28)16-25-17(2)18-7-9-19(24)10-8-18/h7-12,15,17,25H,3-6,13-14,16H2,1-2H3/t17-/m1/s1. The fourth-order valence-corrected chi connectivity index (χ4v) is 5.71. The maximum atomic E-state index is 13.2. The minimum atomic E-state index is -3.49. The van der Waals surface area contributed by atoms with Gasteiger partial charge in [0.25, 0.3) is 0 Å². The summed E-state index contributed by atoms with van der Waals surface area (Å²) in [6.45, 7) is 6.49. The molecule has 1 N–H and O–H groups in total. The first-order chi connectivity index (χ1) is 14.9. The largest absolute Gasteiger partial charge is 0.327 e. The number of halogens is 1. The summed E-state index contributed by atoms with van der Waals surface area (Å²) >= 11 is 0. The average Bonchev–Trinajstić information content (AvgIpc) is 3.15. The molecule has 2 heterocycles. The highest BCUT2D eigenvalue weighted by molar-refractivity contribution is 7.89. The number of rotatable bonds is 7. The molecule has 1 saturated heterocycles. The summed E-state index contributed by atoms with van der Waals surface area (Å²) in [5, 5.41) is 3.43. The van der Waals surface area contributed by atoms with Crippen LogP contribution in [0.1, 0.15) is 50.5 Å². The van der Waals surface area contributed by atoms with Crippen molar-refractivity contribution in [2.45, 2.75) is 57.1 Å². The van der Waals surface area contributed by atoms with Gasteiger partial charge >= 0.3 is 0 Å². The Kier molecular flexibility index (Phi) is 6.41. The summed E-state index contributed by atoms with van der Waals surface area (Å²) in [5.41, 5.74) is 2.60. The molecular formula is C23H29FN4O2S. The zero-order valence-corrected chi connectivity index (χ0v) is 18.8. The molecular weight excluding hydrogens is 415 g/mol. The fraction of sp³-hybridized carbons (Fsp3) is 0.435. The van der Waals surface area contributed by atoms with E-state index >= 15 is 0 Å². The van der Waals surface area contributed by atoms with Crippen LogP contribution in [0.5, 0.6) is 0 Å². The number of piperidine rings is 1. The number of imidazole rings is 1. The highest BCUT2D eigenvalue weighted by Crippen LogP contribution is 2.25. The molecule has 1 aromatic heterocycles. The van der Waals surface area contributed by atoms with Crippen LogP contribution in [0.3, 0.4) is 0 Å². The molecule has 0 unspecified atom stereocenters. The van der Waals surface area contributed by atoms with Crippen LogP contribution in [0, 0.1) is 5.82 Å². The molecule has 0 amide bonds. The summed E-state index contributed by atoms with van der Waals surface area (Å²) in [5.74, 6) is 0.595. The average molecular weight is 445 g/mol. The van der Waals surface area contributed by atoms with Gasteiger partial charge in [0, 0.05) is 25.7 Å². The number of nitrogens with zero attached hydrogens (tertiary/aromatic N) is 3. The Morgan fingerprint density at radius 2 is 1.81 bits per heavy atom. The van der Waals surface area contributed by atoms with Crippen molar-refractivity contribution < 1.29 is 12.8 Å². The van der Waals surface area contributed by atoms with Gasteiger partial charge in [-0.25, -0.2) is 17.8 Å². The van der Waals surface area contributed by atoms with Crippen LogP contribution >= 0.6 is 0 Å². The van der Waals surface area contributed by atoms with Crippen molar-refractivity contribution in [3.63, 3.8) is 0 Å². The molecule has 6 nitrogen and oxygen atoms in total. The van der Waals surface area contributed by atoms with E-state index in [4.69, 9.17) is 4.98 Å². The van der Waals surface area contributed by atoms with Gasteiger partial charge in [0.1, 0.15) is 11.6 Å². The zero-order valence-electron chi connectivity index (χ0n) is 18.0. The van der Waals surface area contributed by atoms with Gasteiger partial charge in [0.2, 0.25) is 10.0 Å². The van der Waals surface area contributed by atoms with Crippen LogP contribution in [0.4, 0.5) is 4.39 Å². The van der Waals surface area contributed by atoms with Crippen LogP contribution in [-0.2, 0) is 23.1 Å². The third-order valence-corrected chi connectivity index (χ3v) is 7.90. The predicted octanol–water partition coefficient (Wildman–Crippen LogP) is 4.22. The summed E-state index contributed by atoms with van der Waals surface area (Å²) in [6.07, 6.45) is 2.90. The van der Waals surface area contributed by atoms with Gasteiger partial charge in [-0.1, -0.05) is 18.6 Å². The highest BCUT2D eigenvalue weighted by atomic mass is 32.2. The van der Waals surface area contributed by atoms with E-state index < -0.39 is 10.0 Å². The Bertz CT molecular complexity index is 1150. The number of nitrogens with one attached hydrogen (secondary N) is 1. The van der Waals surface area contributed by atoms with E-state index in [1.807, 2.05) is 19.9 Å². The lowest BCUT2D eigenvalue weighted by Gasteiger charge is -2.25. The maximum Gasteiger partial charge on any atom is 0.243 e. The molecule has 0 spiro atoms. The molecule has 4 rings (SSSR count). The number of aromatic nitrogens is 2. The van der Waals surface area contributed by atoms with Gasteiger partial charge < -0.3 is 9.88 Å². The van der Waals surface area contributed by atoms with Crippen LogP contribution < -0.4 is 5.32 Å². The number of aryl methyl sites for hydroxylation is 1. The van der Waals surface area contributed by atoms with Gasteiger partial charge in [0.15, 0.2) is 0 Å². The Morgan fingerprint density at radius 1 is 1.10 bits per heavy atom. The van der Waals surface area contributed by atoms with E-state index in [0.717, 1.165) is 42.7 Å². The number of hydrogen-bond acceptors (Lipinski definition) is 4. The Labute approximate surface area is 183 Å². The number of hydrogen-bond donors (Lipinski definition) is 1. The zero-order chi connectivity index (χ0) is 22.0. The summed E-state index contributed by atoms with van der Waals surface area (Å²) < 4.78 is 42.9. The fourth-order valence-electron chi connectivity index (χ4n) is 4.18. The minimum absolute atomic E-state index is 0.0285. The molecule has 1 aliphatic heterocycles. The van der Waals surface area contributed by atoms with Crippen molar-refractivity contribution in [2.24, 2.45) is 0 Å². The second kappa shape index (κ2) is 9.06. The van der Waals surface area contributed by atoms with E-state index in [-0.39, 0.29) is 11.9 Å². The first kappa shape index (κ1) is 21.9. The summed E-state index contributed by atoms with van der Waals surface area (Å²) in [4.78, 5) is 5.05. The van der Waals surface area contributed by atoms with Crippen LogP contribution in [0.2, 0.25) is 0 Å². The van der Waals surface area contributed by atoms with Gasteiger partial charge in [-0.15, -0.1) is 0 Å². The Morgan fingerprint density at radius 3 is 2.48 bits per heavy atom. The van der Waals surface area contributed by atoms with E-state index in [2.05, 4.69) is 9.88 Å². The van der Waals surface area contributed by atoms with Gasteiger partial charge in [0.05, 0.1) is 22.5 Å². The molecule has 1 fully saturated rings. The molecule has 0 bridgehead atoms. The van der Waals surface area contributed by atoms with Crippen molar-refractivity contribution in [3.05, 3.63) is 59.7 Å². The quantitative estimate of drug-likeness (QED) is 0.593. The lowest BCUT2D eigenvalue weighted by molar-refractivity contribution is 0.346. The lowest BCUT2D eigenvalue weighted by Crippen LogP contribution is -2.35. The topological polar surface area (TPSA) is 67.2 Å². The number of fused-ring (bicyclic) bond motifs is 1. The van der Waals surface area contributed by atoms with Crippen molar-refractivity contribution >= 4 is 21.1 Å². The molecule has 1 atom stereocenters. The molecule has 0 radical (unpaired) electrons. The van der Waals surface area contributed by atoms with Gasteiger partial charge in [-0.2, -0.15) is 4.31 Å².